The summed E-state index contributed by atoms with van der Waals surface area (Å²) in [6.07, 6.45) is 5.86. The minimum Gasteiger partial charge on any atom is -0.374 e. The van der Waals surface area contributed by atoms with E-state index in [9.17, 15) is 0 Å². The first-order valence-corrected chi connectivity index (χ1v) is 6.34. The van der Waals surface area contributed by atoms with Crippen LogP contribution in [0.2, 0.25) is 0 Å². The molecule has 15 heavy (non-hydrogen) atoms. The molecule has 2 unspecified atom stereocenters. The van der Waals surface area contributed by atoms with E-state index in [1.165, 1.54) is 32.2 Å². The molecule has 2 atom stereocenters. The molecule has 0 spiro atoms. The van der Waals surface area contributed by atoms with Crippen LogP contribution in [0, 0.1) is 0 Å². The first-order chi connectivity index (χ1) is 7.26. The van der Waals surface area contributed by atoms with Crippen molar-refractivity contribution in [3.05, 3.63) is 0 Å². The van der Waals surface area contributed by atoms with Crippen molar-refractivity contribution >= 4 is 0 Å². The van der Waals surface area contributed by atoms with Gasteiger partial charge in [-0.05, 0) is 32.7 Å². The van der Waals surface area contributed by atoms with Gasteiger partial charge in [0.25, 0.3) is 0 Å². The van der Waals surface area contributed by atoms with E-state index >= 15 is 0 Å². The first kappa shape index (κ1) is 12.9. The third-order valence-electron chi connectivity index (χ3n) is 3.05. The number of unbranched alkanes of at least 4 members (excludes halogenated alkanes) is 1. The SMILES string of the molecule is CCCCN(CCN)CC1CCC(C)O1. The molecule has 1 aliphatic rings. The first-order valence-electron chi connectivity index (χ1n) is 6.34. The van der Waals surface area contributed by atoms with Gasteiger partial charge in [0, 0.05) is 19.6 Å². The number of hydrogen-bond acceptors (Lipinski definition) is 3. The molecule has 3 heteroatoms. The Kier molecular flexibility index (Phi) is 6.22. The summed E-state index contributed by atoms with van der Waals surface area (Å²) in [5.74, 6) is 0. The fraction of sp³-hybridized carbons (Fsp3) is 1.00. The molecule has 0 aromatic rings. The number of rotatable bonds is 7. The monoisotopic (exact) mass is 214 g/mol. The van der Waals surface area contributed by atoms with Crippen molar-refractivity contribution in [2.24, 2.45) is 5.73 Å². The molecule has 90 valence electrons. The highest BCUT2D eigenvalue weighted by Gasteiger charge is 2.23. The van der Waals surface area contributed by atoms with E-state index in [0.717, 1.165) is 19.6 Å². The van der Waals surface area contributed by atoms with Crippen LogP contribution >= 0.6 is 0 Å². The zero-order valence-electron chi connectivity index (χ0n) is 10.2. The van der Waals surface area contributed by atoms with E-state index in [1.54, 1.807) is 0 Å². The van der Waals surface area contributed by atoms with Gasteiger partial charge < -0.3 is 10.5 Å². The lowest BCUT2D eigenvalue weighted by atomic mass is 10.2. The highest BCUT2D eigenvalue weighted by Crippen LogP contribution is 2.19. The Morgan fingerprint density at radius 1 is 1.33 bits per heavy atom. The predicted octanol–water partition coefficient (Wildman–Crippen LogP) is 1.61. The second-order valence-corrected chi connectivity index (χ2v) is 4.59. The molecule has 1 saturated heterocycles. The molecule has 1 aliphatic heterocycles. The van der Waals surface area contributed by atoms with Crippen molar-refractivity contribution in [3.63, 3.8) is 0 Å². The zero-order chi connectivity index (χ0) is 11.1. The van der Waals surface area contributed by atoms with Gasteiger partial charge in [0.15, 0.2) is 0 Å². The standard InChI is InChI=1S/C12H26N2O/c1-3-4-8-14(9-7-13)10-12-6-5-11(2)15-12/h11-12H,3-10,13H2,1-2H3. The van der Waals surface area contributed by atoms with Crippen molar-refractivity contribution < 1.29 is 4.74 Å². The summed E-state index contributed by atoms with van der Waals surface area (Å²) in [4.78, 5) is 2.45. The van der Waals surface area contributed by atoms with Crippen molar-refractivity contribution in [2.45, 2.75) is 51.7 Å². The maximum atomic E-state index is 5.84. The summed E-state index contributed by atoms with van der Waals surface area (Å²) in [5, 5.41) is 0. The number of nitrogens with two attached hydrogens (primary N) is 1. The van der Waals surface area contributed by atoms with Crippen molar-refractivity contribution in [1.29, 1.82) is 0 Å². The van der Waals surface area contributed by atoms with Crippen molar-refractivity contribution in [1.82, 2.24) is 4.90 Å². The Hall–Kier alpha value is -0.120. The molecule has 1 fully saturated rings. The van der Waals surface area contributed by atoms with Crippen LogP contribution in [0.4, 0.5) is 0 Å². The topological polar surface area (TPSA) is 38.5 Å². The highest BCUT2D eigenvalue weighted by atomic mass is 16.5. The van der Waals surface area contributed by atoms with Crippen LogP contribution in [0.25, 0.3) is 0 Å². The average Bonchev–Trinajstić information content (AvgIpc) is 2.61. The molecule has 0 radical (unpaired) electrons. The third kappa shape index (κ3) is 4.96. The zero-order valence-corrected chi connectivity index (χ0v) is 10.2. The summed E-state index contributed by atoms with van der Waals surface area (Å²) < 4.78 is 5.84. The smallest absolute Gasteiger partial charge is 0.0706 e. The minimum atomic E-state index is 0.448. The molecule has 1 rings (SSSR count). The Bertz CT molecular complexity index is 164. The maximum Gasteiger partial charge on any atom is 0.0706 e. The number of nitrogens with zero attached hydrogens (tertiary/aromatic N) is 1. The van der Waals surface area contributed by atoms with Crippen LogP contribution in [0.15, 0.2) is 0 Å². The van der Waals surface area contributed by atoms with Gasteiger partial charge in [0.05, 0.1) is 12.2 Å². The summed E-state index contributed by atoms with van der Waals surface area (Å²) >= 11 is 0. The second-order valence-electron chi connectivity index (χ2n) is 4.59. The molecular weight excluding hydrogens is 188 g/mol. The van der Waals surface area contributed by atoms with Gasteiger partial charge in [0.1, 0.15) is 0 Å². The molecule has 0 bridgehead atoms. The average molecular weight is 214 g/mol. The Morgan fingerprint density at radius 3 is 2.67 bits per heavy atom. The molecule has 1 heterocycles. The quantitative estimate of drug-likeness (QED) is 0.700. The predicted molar refractivity (Wildman–Crippen MR) is 64.0 cm³/mol. The summed E-state index contributed by atoms with van der Waals surface area (Å²) in [6, 6.07) is 0. The van der Waals surface area contributed by atoms with Crippen LogP contribution in [0.3, 0.4) is 0 Å². The summed E-state index contributed by atoms with van der Waals surface area (Å²) in [6.45, 7) is 8.40. The Morgan fingerprint density at radius 2 is 2.13 bits per heavy atom. The van der Waals surface area contributed by atoms with Gasteiger partial charge >= 0.3 is 0 Å². The van der Waals surface area contributed by atoms with E-state index in [-0.39, 0.29) is 0 Å². The highest BCUT2D eigenvalue weighted by molar-refractivity contribution is 4.74. The van der Waals surface area contributed by atoms with Crippen LogP contribution in [0.1, 0.15) is 39.5 Å². The van der Waals surface area contributed by atoms with Gasteiger partial charge in [-0.3, -0.25) is 4.90 Å². The largest absolute Gasteiger partial charge is 0.374 e. The maximum absolute atomic E-state index is 5.84. The molecule has 2 N–H and O–H groups in total. The summed E-state index contributed by atoms with van der Waals surface area (Å²) in [7, 11) is 0. The van der Waals surface area contributed by atoms with Crippen LogP contribution < -0.4 is 5.73 Å². The van der Waals surface area contributed by atoms with Gasteiger partial charge in [-0.15, -0.1) is 0 Å². The lowest BCUT2D eigenvalue weighted by Gasteiger charge is -2.24. The molecule has 3 nitrogen and oxygen atoms in total. The van der Waals surface area contributed by atoms with Gasteiger partial charge in [0.2, 0.25) is 0 Å². The van der Waals surface area contributed by atoms with E-state index in [2.05, 4.69) is 18.7 Å². The van der Waals surface area contributed by atoms with E-state index in [1.807, 2.05) is 0 Å². The molecule has 0 saturated carbocycles. The van der Waals surface area contributed by atoms with E-state index in [4.69, 9.17) is 10.5 Å². The molecule has 0 aliphatic carbocycles. The minimum absolute atomic E-state index is 0.448. The summed E-state index contributed by atoms with van der Waals surface area (Å²) in [5.41, 5.74) is 5.62. The van der Waals surface area contributed by atoms with Crippen LogP contribution in [-0.4, -0.2) is 43.3 Å². The number of ether oxygens (including phenoxy) is 1. The normalized spacial score (nSPS) is 26.4. The van der Waals surface area contributed by atoms with Crippen molar-refractivity contribution in [3.8, 4) is 0 Å². The Balaban J connectivity index is 2.23. The second kappa shape index (κ2) is 7.20. The van der Waals surface area contributed by atoms with Crippen molar-refractivity contribution in [2.75, 3.05) is 26.2 Å². The fourth-order valence-electron chi connectivity index (χ4n) is 2.17. The lowest BCUT2D eigenvalue weighted by Crippen LogP contribution is -2.36. The molecular formula is C12H26N2O. The van der Waals surface area contributed by atoms with Crippen LogP contribution in [0.5, 0.6) is 0 Å². The van der Waals surface area contributed by atoms with Gasteiger partial charge in [-0.25, -0.2) is 0 Å². The van der Waals surface area contributed by atoms with Gasteiger partial charge in [-0.2, -0.15) is 0 Å². The lowest BCUT2D eigenvalue weighted by molar-refractivity contribution is 0.0318. The third-order valence-corrected chi connectivity index (χ3v) is 3.05. The number of hydrogen-bond donors (Lipinski definition) is 1. The van der Waals surface area contributed by atoms with Gasteiger partial charge in [-0.1, -0.05) is 13.3 Å². The van der Waals surface area contributed by atoms with Crippen LogP contribution in [-0.2, 0) is 4.74 Å². The fourth-order valence-corrected chi connectivity index (χ4v) is 2.17. The van der Waals surface area contributed by atoms with E-state index in [0.29, 0.717) is 12.2 Å². The van der Waals surface area contributed by atoms with E-state index < -0.39 is 0 Å². The molecule has 0 amide bonds. The molecule has 0 aromatic heterocycles. The Labute approximate surface area is 94.0 Å². The molecule has 0 aromatic carbocycles.